The summed E-state index contributed by atoms with van der Waals surface area (Å²) in [5, 5.41) is 23.4. The summed E-state index contributed by atoms with van der Waals surface area (Å²) in [5.74, 6) is -2.71. The third-order valence-corrected chi connectivity index (χ3v) is 3.93. The highest BCUT2D eigenvalue weighted by Crippen LogP contribution is 2.05. The van der Waals surface area contributed by atoms with E-state index in [0.717, 1.165) is 0 Å². The van der Waals surface area contributed by atoms with Crippen LogP contribution < -0.4 is 33.6 Å². The molecule has 0 spiro atoms. The number of aliphatic hydroxyl groups is 1. The standard InChI is InChI=1S/C16H33N7O5/c1-9(24)12(15(27)28)23-14(26)11(6-2-3-7-17)22-13(25)10(18)5-4-8-21-16(19)20/h9-12,24H,2-8,17-18H2,1H3,(H,22,25)(H,23,26)(H,27,28)(H4,19,20,21)/t9-,10+,11+,12+/m1/s1. The summed E-state index contributed by atoms with van der Waals surface area (Å²) in [4.78, 5) is 39.7. The summed E-state index contributed by atoms with van der Waals surface area (Å²) in [6.45, 7) is 1.98. The maximum absolute atomic E-state index is 12.4. The highest BCUT2D eigenvalue weighted by atomic mass is 16.4. The van der Waals surface area contributed by atoms with E-state index >= 15 is 0 Å². The molecule has 0 aromatic rings. The fourth-order valence-electron chi connectivity index (χ4n) is 2.33. The zero-order chi connectivity index (χ0) is 21.7. The number of hydrogen-bond acceptors (Lipinski definition) is 7. The summed E-state index contributed by atoms with van der Waals surface area (Å²) in [6.07, 6.45) is 0.885. The van der Waals surface area contributed by atoms with E-state index in [4.69, 9.17) is 28.0 Å². The molecule has 12 heteroatoms. The first-order valence-electron chi connectivity index (χ1n) is 9.12. The van der Waals surface area contributed by atoms with Crippen LogP contribution in [0.15, 0.2) is 4.99 Å². The predicted molar refractivity (Wildman–Crippen MR) is 104 cm³/mol. The number of amides is 2. The first-order chi connectivity index (χ1) is 13.1. The highest BCUT2D eigenvalue weighted by molar-refractivity contribution is 5.91. The minimum absolute atomic E-state index is 0.0549. The van der Waals surface area contributed by atoms with E-state index in [1.165, 1.54) is 6.92 Å². The van der Waals surface area contributed by atoms with Crippen molar-refractivity contribution < 1.29 is 24.6 Å². The van der Waals surface area contributed by atoms with E-state index in [0.29, 0.717) is 38.8 Å². The molecule has 12 nitrogen and oxygen atoms in total. The van der Waals surface area contributed by atoms with Crippen molar-refractivity contribution in [2.24, 2.45) is 27.9 Å². The maximum atomic E-state index is 12.4. The fraction of sp³-hybridized carbons (Fsp3) is 0.750. The number of aliphatic hydroxyl groups excluding tert-OH is 1. The van der Waals surface area contributed by atoms with Crippen molar-refractivity contribution in [3.8, 4) is 0 Å². The Labute approximate surface area is 164 Å². The number of hydrogen-bond donors (Lipinski definition) is 8. The number of guanidine groups is 1. The Kier molecular flexibility index (Phi) is 12.5. The van der Waals surface area contributed by atoms with Gasteiger partial charge in [0.1, 0.15) is 6.04 Å². The number of nitrogens with zero attached hydrogens (tertiary/aromatic N) is 1. The van der Waals surface area contributed by atoms with Gasteiger partial charge in [0.25, 0.3) is 0 Å². The molecule has 0 saturated heterocycles. The Hall–Kier alpha value is -2.44. The highest BCUT2D eigenvalue weighted by Gasteiger charge is 2.30. The van der Waals surface area contributed by atoms with Gasteiger partial charge in [0, 0.05) is 6.54 Å². The molecule has 4 atom stereocenters. The first kappa shape index (κ1) is 25.6. The number of carbonyl (C=O) groups is 3. The Morgan fingerprint density at radius 3 is 2.18 bits per heavy atom. The molecule has 0 aliphatic rings. The van der Waals surface area contributed by atoms with E-state index in [1.54, 1.807) is 0 Å². The van der Waals surface area contributed by atoms with Gasteiger partial charge in [-0.05, 0) is 45.6 Å². The second-order valence-corrected chi connectivity index (χ2v) is 6.47. The van der Waals surface area contributed by atoms with Crippen molar-refractivity contribution in [1.29, 1.82) is 0 Å². The van der Waals surface area contributed by atoms with Crippen LogP contribution in [0.4, 0.5) is 0 Å². The molecule has 162 valence electrons. The molecule has 0 saturated carbocycles. The van der Waals surface area contributed by atoms with E-state index in [-0.39, 0.29) is 12.4 Å². The zero-order valence-electron chi connectivity index (χ0n) is 16.1. The summed E-state index contributed by atoms with van der Waals surface area (Å²) >= 11 is 0. The lowest BCUT2D eigenvalue weighted by molar-refractivity contribution is -0.145. The Balaban J connectivity index is 4.88. The van der Waals surface area contributed by atoms with E-state index in [1.807, 2.05) is 0 Å². The molecule has 0 rings (SSSR count). The number of carbonyl (C=O) groups excluding carboxylic acids is 2. The van der Waals surface area contributed by atoms with Crippen LogP contribution in [-0.4, -0.2) is 71.3 Å². The zero-order valence-corrected chi connectivity index (χ0v) is 16.1. The van der Waals surface area contributed by atoms with Crippen LogP contribution in [0.25, 0.3) is 0 Å². The van der Waals surface area contributed by atoms with E-state index < -0.39 is 42.0 Å². The summed E-state index contributed by atoms with van der Waals surface area (Å²) in [6, 6.07) is -3.37. The minimum Gasteiger partial charge on any atom is -0.480 e. The second-order valence-electron chi connectivity index (χ2n) is 6.47. The van der Waals surface area contributed by atoms with Crippen LogP contribution in [-0.2, 0) is 14.4 Å². The van der Waals surface area contributed by atoms with Gasteiger partial charge >= 0.3 is 5.97 Å². The number of rotatable bonds is 14. The van der Waals surface area contributed by atoms with Gasteiger partial charge in [0.2, 0.25) is 11.8 Å². The molecule has 0 heterocycles. The summed E-state index contributed by atoms with van der Waals surface area (Å²) in [7, 11) is 0. The minimum atomic E-state index is -1.49. The normalized spacial score (nSPS) is 15.0. The SMILES string of the molecule is C[C@@H](O)[C@H](NC(=O)[C@H](CCCCN)NC(=O)[C@@H](N)CCCN=C(N)N)C(=O)O. The number of nitrogens with one attached hydrogen (secondary N) is 2. The third-order valence-electron chi connectivity index (χ3n) is 3.93. The van der Waals surface area contributed by atoms with Gasteiger partial charge in [-0.3, -0.25) is 14.6 Å². The average Bonchev–Trinajstić information content (AvgIpc) is 2.61. The van der Waals surface area contributed by atoms with E-state index in [2.05, 4.69) is 15.6 Å². The third kappa shape index (κ3) is 10.6. The number of carboxylic acids is 1. The number of aliphatic imine (C=N–C) groups is 1. The Bertz CT molecular complexity index is 537. The first-order valence-corrected chi connectivity index (χ1v) is 9.12. The fourth-order valence-corrected chi connectivity index (χ4v) is 2.33. The van der Waals surface area contributed by atoms with Gasteiger partial charge in [0.15, 0.2) is 12.0 Å². The van der Waals surface area contributed by atoms with Gasteiger partial charge < -0.3 is 43.8 Å². The van der Waals surface area contributed by atoms with Crippen LogP contribution in [0.2, 0.25) is 0 Å². The van der Waals surface area contributed by atoms with Crippen molar-refractivity contribution in [3.05, 3.63) is 0 Å². The lowest BCUT2D eigenvalue weighted by Gasteiger charge is -2.24. The second kappa shape index (κ2) is 13.7. The average molecular weight is 403 g/mol. The smallest absolute Gasteiger partial charge is 0.328 e. The molecule has 0 aromatic carbocycles. The molecule has 0 unspecified atom stereocenters. The molecule has 0 fully saturated rings. The lowest BCUT2D eigenvalue weighted by Crippen LogP contribution is -2.56. The maximum Gasteiger partial charge on any atom is 0.328 e. The molecule has 2 amide bonds. The molecular formula is C16H33N7O5. The van der Waals surface area contributed by atoms with Gasteiger partial charge in [-0.1, -0.05) is 0 Å². The molecule has 0 aliphatic carbocycles. The topological polar surface area (TPSA) is 232 Å². The lowest BCUT2D eigenvalue weighted by atomic mass is 10.1. The van der Waals surface area contributed by atoms with Crippen LogP contribution in [0.3, 0.4) is 0 Å². The van der Waals surface area contributed by atoms with Gasteiger partial charge in [-0.2, -0.15) is 0 Å². The van der Waals surface area contributed by atoms with Gasteiger partial charge in [0.05, 0.1) is 12.1 Å². The quantitative estimate of drug-likeness (QED) is 0.0833. The van der Waals surface area contributed by atoms with Gasteiger partial charge in [-0.15, -0.1) is 0 Å². The van der Waals surface area contributed by atoms with Gasteiger partial charge in [-0.25, -0.2) is 4.79 Å². The number of unbranched alkanes of at least 4 members (excludes halogenated alkanes) is 1. The van der Waals surface area contributed by atoms with Crippen LogP contribution >= 0.6 is 0 Å². The van der Waals surface area contributed by atoms with Crippen molar-refractivity contribution in [1.82, 2.24) is 10.6 Å². The molecule has 28 heavy (non-hydrogen) atoms. The molecular weight excluding hydrogens is 370 g/mol. The largest absolute Gasteiger partial charge is 0.480 e. The molecule has 0 bridgehead atoms. The van der Waals surface area contributed by atoms with E-state index in [9.17, 15) is 19.5 Å². The molecule has 12 N–H and O–H groups in total. The number of carboxylic acid groups (broad SMARTS) is 1. The number of aliphatic carboxylic acids is 1. The summed E-state index contributed by atoms with van der Waals surface area (Å²) in [5.41, 5.74) is 21.7. The van der Waals surface area contributed by atoms with Crippen LogP contribution in [0, 0.1) is 0 Å². The van der Waals surface area contributed by atoms with Crippen molar-refractivity contribution in [3.63, 3.8) is 0 Å². The predicted octanol–water partition coefficient (Wildman–Crippen LogP) is -3.07. The number of nitrogens with two attached hydrogens (primary N) is 4. The summed E-state index contributed by atoms with van der Waals surface area (Å²) < 4.78 is 0. The Morgan fingerprint density at radius 2 is 1.68 bits per heavy atom. The van der Waals surface area contributed by atoms with Crippen molar-refractivity contribution in [2.45, 2.75) is 63.3 Å². The van der Waals surface area contributed by atoms with Crippen LogP contribution in [0.5, 0.6) is 0 Å². The molecule has 0 aromatic heterocycles. The molecule has 0 aliphatic heterocycles. The van der Waals surface area contributed by atoms with Crippen molar-refractivity contribution >= 4 is 23.7 Å². The molecule has 0 radical (unpaired) electrons. The monoisotopic (exact) mass is 403 g/mol. The van der Waals surface area contributed by atoms with Crippen LogP contribution in [0.1, 0.15) is 39.0 Å². The Morgan fingerprint density at radius 1 is 1.04 bits per heavy atom. The van der Waals surface area contributed by atoms with Crippen molar-refractivity contribution in [2.75, 3.05) is 13.1 Å².